The summed E-state index contributed by atoms with van der Waals surface area (Å²) in [7, 11) is -3.02. The van der Waals surface area contributed by atoms with Gasteiger partial charge >= 0.3 is 12.1 Å². The molecule has 0 radical (unpaired) electrons. The maximum Gasteiger partial charge on any atom is 0.410 e. The molecule has 17 heteroatoms. The van der Waals surface area contributed by atoms with Crippen molar-refractivity contribution in [3.8, 4) is 0 Å². The number of esters is 1. The SMILES string of the molecule is CCCCN.COC(=O)C(CC(C)C)NC(=O)C1CCCN1C(=O)CCP(=O)(O)C(Cc1ccccc1)NC(=O)CNC(=O)C1CCCN1C(=O)OCc1ccccc1. The molecule has 0 saturated carbocycles. The van der Waals surface area contributed by atoms with Gasteiger partial charge in [-0.15, -0.1) is 0 Å². The maximum atomic E-state index is 13.9. The molecule has 0 spiro atoms. The third-order valence-corrected chi connectivity index (χ3v) is 12.2. The second-order valence-corrected chi connectivity index (χ2v) is 17.8. The average molecular weight is 843 g/mol. The predicted octanol–water partition coefficient (Wildman–Crippen LogP) is 3.69. The fourth-order valence-corrected chi connectivity index (χ4v) is 8.57. The van der Waals surface area contributed by atoms with Crippen LogP contribution in [0.5, 0.6) is 0 Å². The molecule has 2 aliphatic heterocycles. The highest BCUT2D eigenvalue weighted by atomic mass is 31.2. The monoisotopic (exact) mass is 842 g/mol. The molecule has 0 aromatic heterocycles. The topological polar surface area (TPSA) is 227 Å². The standard InChI is InChI=1S/C38H52N5O10P.C4H11N/c1-26(2)22-29(37(48)52-3)40-36(47)31-17-10-19-42(31)34(45)18-21-54(50,51)33(23-27-12-6-4-7-13-27)41-32(44)24-39-35(46)30-16-11-20-43(30)38(49)53-25-28-14-8-5-9-15-28;1-2-3-4-5/h4-9,12-15,26,29-31,33H,10-11,16-25H2,1-3H3,(H,39,46)(H,40,47)(H,41,44)(H,50,51);2-5H2,1H3. The van der Waals surface area contributed by atoms with E-state index in [4.69, 9.17) is 15.2 Å². The summed E-state index contributed by atoms with van der Waals surface area (Å²) in [6.07, 6.45) is 3.11. The van der Waals surface area contributed by atoms with E-state index >= 15 is 0 Å². The minimum absolute atomic E-state index is 0.0222. The van der Waals surface area contributed by atoms with Gasteiger partial charge in [0, 0.05) is 32.1 Å². The Morgan fingerprint density at radius 2 is 1.47 bits per heavy atom. The molecule has 59 heavy (non-hydrogen) atoms. The molecule has 2 fully saturated rings. The summed E-state index contributed by atoms with van der Waals surface area (Å²) in [6.45, 7) is 6.91. The van der Waals surface area contributed by atoms with Crippen LogP contribution in [0.15, 0.2) is 60.7 Å². The minimum Gasteiger partial charge on any atom is -0.467 e. The lowest BCUT2D eigenvalue weighted by Gasteiger charge is -2.28. The quantitative estimate of drug-likeness (QED) is 0.101. The van der Waals surface area contributed by atoms with Gasteiger partial charge in [-0.25, -0.2) is 9.59 Å². The van der Waals surface area contributed by atoms with Gasteiger partial charge in [0.2, 0.25) is 31.0 Å². The van der Waals surface area contributed by atoms with Crippen LogP contribution in [0.4, 0.5) is 4.79 Å². The molecule has 2 aliphatic rings. The smallest absolute Gasteiger partial charge is 0.410 e. The van der Waals surface area contributed by atoms with Crippen LogP contribution in [0.1, 0.15) is 83.3 Å². The van der Waals surface area contributed by atoms with Gasteiger partial charge < -0.3 is 41.0 Å². The highest BCUT2D eigenvalue weighted by Gasteiger charge is 2.39. The number of nitrogens with zero attached hydrogens (tertiary/aromatic N) is 2. The zero-order chi connectivity index (χ0) is 43.4. The van der Waals surface area contributed by atoms with Crippen LogP contribution in [-0.2, 0) is 51.0 Å². The fraction of sp³-hybridized carbons (Fsp3) is 0.571. The second kappa shape index (κ2) is 25.0. The van der Waals surface area contributed by atoms with Crippen LogP contribution in [0, 0.1) is 5.92 Å². The first-order valence-corrected chi connectivity index (χ1v) is 22.4. The molecule has 326 valence electrons. The minimum atomic E-state index is -4.26. The molecule has 16 nitrogen and oxygen atoms in total. The van der Waals surface area contributed by atoms with E-state index in [-0.39, 0.29) is 31.9 Å². The Hall–Kier alpha value is -4.79. The molecule has 4 rings (SSSR count). The van der Waals surface area contributed by atoms with Crippen molar-refractivity contribution in [3.63, 3.8) is 0 Å². The predicted molar refractivity (Wildman–Crippen MR) is 223 cm³/mol. The van der Waals surface area contributed by atoms with E-state index in [1.54, 1.807) is 30.3 Å². The van der Waals surface area contributed by atoms with Crippen LogP contribution in [0.3, 0.4) is 0 Å². The van der Waals surface area contributed by atoms with Crippen LogP contribution in [-0.4, -0.2) is 114 Å². The van der Waals surface area contributed by atoms with Gasteiger partial charge in [-0.3, -0.25) is 28.6 Å². The Morgan fingerprint density at radius 1 is 0.881 bits per heavy atom. The van der Waals surface area contributed by atoms with Gasteiger partial charge in [0.25, 0.3) is 0 Å². The lowest BCUT2D eigenvalue weighted by atomic mass is 10.0. The van der Waals surface area contributed by atoms with E-state index in [0.29, 0.717) is 44.2 Å². The maximum absolute atomic E-state index is 13.9. The number of rotatable bonds is 19. The molecule has 2 saturated heterocycles. The number of benzene rings is 2. The zero-order valence-corrected chi connectivity index (χ0v) is 35.7. The lowest BCUT2D eigenvalue weighted by molar-refractivity contribution is -0.146. The van der Waals surface area contributed by atoms with Crippen molar-refractivity contribution in [2.75, 3.05) is 39.5 Å². The number of methoxy groups -OCH3 is 1. The number of carbonyl (C=O) groups excluding carboxylic acids is 6. The van der Waals surface area contributed by atoms with Crippen molar-refractivity contribution >= 4 is 43.1 Å². The van der Waals surface area contributed by atoms with Crippen molar-refractivity contribution in [2.24, 2.45) is 11.7 Å². The molecule has 0 aliphatic carbocycles. The molecule has 5 atom stereocenters. The lowest BCUT2D eigenvalue weighted by Crippen LogP contribution is -2.51. The molecule has 6 N–H and O–H groups in total. The summed E-state index contributed by atoms with van der Waals surface area (Å²) < 4.78 is 24.1. The summed E-state index contributed by atoms with van der Waals surface area (Å²) in [5.41, 5.74) is 6.61. The first-order chi connectivity index (χ1) is 28.2. The number of likely N-dealkylation sites (tertiary alicyclic amines) is 2. The molecule has 0 bridgehead atoms. The van der Waals surface area contributed by atoms with Crippen LogP contribution < -0.4 is 21.7 Å². The van der Waals surface area contributed by atoms with Crippen molar-refractivity contribution < 1.29 is 47.7 Å². The van der Waals surface area contributed by atoms with Crippen LogP contribution in [0.25, 0.3) is 0 Å². The van der Waals surface area contributed by atoms with Crippen LogP contribution in [0.2, 0.25) is 0 Å². The van der Waals surface area contributed by atoms with E-state index in [1.807, 2.05) is 44.2 Å². The number of hydrogen-bond donors (Lipinski definition) is 5. The van der Waals surface area contributed by atoms with Crippen molar-refractivity contribution in [2.45, 2.75) is 109 Å². The Morgan fingerprint density at radius 3 is 2.03 bits per heavy atom. The summed E-state index contributed by atoms with van der Waals surface area (Å²) in [6, 6.07) is 15.3. The van der Waals surface area contributed by atoms with Crippen LogP contribution >= 0.6 is 7.37 Å². The highest BCUT2D eigenvalue weighted by Crippen LogP contribution is 2.47. The fourth-order valence-electron chi connectivity index (χ4n) is 6.91. The molecule has 5 unspecified atom stereocenters. The van der Waals surface area contributed by atoms with Gasteiger partial charge in [-0.05, 0) is 62.1 Å². The number of amides is 5. The molecular formula is C42H63N6O10P. The average Bonchev–Trinajstić information content (AvgIpc) is 3.93. The first-order valence-electron chi connectivity index (χ1n) is 20.5. The Balaban J connectivity index is 0.00000175. The Kier molecular flexibility index (Phi) is 20.6. The van der Waals surface area contributed by atoms with E-state index in [0.717, 1.165) is 12.1 Å². The highest BCUT2D eigenvalue weighted by molar-refractivity contribution is 7.58. The van der Waals surface area contributed by atoms with Gasteiger partial charge in [0.15, 0.2) is 0 Å². The van der Waals surface area contributed by atoms with Gasteiger partial charge in [-0.2, -0.15) is 0 Å². The van der Waals surface area contributed by atoms with Gasteiger partial charge in [0.1, 0.15) is 30.5 Å². The zero-order valence-electron chi connectivity index (χ0n) is 34.8. The number of ether oxygens (including phenoxy) is 2. The summed E-state index contributed by atoms with van der Waals surface area (Å²) in [5, 5.41) is 7.84. The molecule has 2 aromatic rings. The first kappa shape index (κ1) is 48.6. The number of hydrogen-bond acceptors (Lipinski definition) is 10. The third-order valence-electron chi connectivity index (χ3n) is 10.1. The Bertz CT molecular complexity index is 1710. The van der Waals surface area contributed by atoms with E-state index < -0.39 is 79.7 Å². The Labute approximate surface area is 347 Å². The normalized spacial score (nSPS) is 18.1. The van der Waals surface area contributed by atoms with Crippen molar-refractivity contribution in [1.29, 1.82) is 0 Å². The number of nitrogens with two attached hydrogens (primary N) is 1. The van der Waals surface area contributed by atoms with Crippen molar-refractivity contribution in [1.82, 2.24) is 25.8 Å². The van der Waals surface area contributed by atoms with E-state index in [1.165, 1.54) is 29.8 Å². The number of nitrogens with one attached hydrogen (secondary N) is 3. The van der Waals surface area contributed by atoms with E-state index in [2.05, 4.69) is 22.9 Å². The second-order valence-electron chi connectivity index (χ2n) is 15.2. The molecule has 2 aromatic carbocycles. The summed E-state index contributed by atoms with van der Waals surface area (Å²) in [5.74, 6) is -4.05. The molecular weight excluding hydrogens is 779 g/mol. The summed E-state index contributed by atoms with van der Waals surface area (Å²) >= 11 is 0. The van der Waals surface area contributed by atoms with E-state index in [9.17, 15) is 38.2 Å². The van der Waals surface area contributed by atoms with Gasteiger partial charge in [-0.1, -0.05) is 87.9 Å². The summed E-state index contributed by atoms with van der Waals surface area (Å²) in [4.78, 5) is 92.0. The number of carbonyl (C=O) groups is 6. The number of unbranched alkanes of at least 4 members (excludes halogenated alkanes) is 1. The molecule has 2 heterocycles. The third kappa shape index (κ3) is 16.1. The van der Waals surface area contributed by atoms with Gasteiger partial charge in [0.05, 0.1) is 13.7 Å². The molecule has 5 amide bonds. The van der Waals surface area contributed by atoms with Crippen molar-refractivity contribution in [3.05, 3.63) is 71.8 Å². The largest absolute Gasteiger partial charge is 0.467 e.